The van der Waals surface area contributed by atoms with E-state index in [2.05, 4.69) is 6.92 Å². The van der Waals surface area contributed by atoms with E-state index < -0.39 is 0 Å². The first-order valence-corrected chi connectivity index (χ1v) is 5.20. The fourth-order valence-corrected chi connectivity index (χ4v) is 1.61. The predicted octanol–water partition coefficient (Wildman–Crippen LogP) is 2.07. The Hall–Kier alpha value is -0.0800. The van der Waals surface area contributed by atoms with Crippen LogP contribution in [-0.2, 0) is 4.74 Å². The molecule has 2 N–H and O–H groups in total. The van der Waals surface area contributed by atoms with Gasteiger partial charge in [-0.1, -0.05) is 26.2 Å². The summed E-state index contributed by atoms with van der Waals surface area (Å²) in [6, 6.07) is 0.243. The van der Waals surface area contributed by atoms with Crippen LogP contribution in [0.3, 0.4) is 0 Å². The van der Waals surface area contributed by atoms with Crippen LogP contribution in [0.1, 0.15) is 45.4 Å². The van der Waals surface area contributed by atoms with Crippen molar-refractivity contribution in [2.45, 2.75) is 57.6 Å². The van der Waals surface area contributed by atoms with Gasteiger partial charge in [0.25, 0.3) is 0 Å². The molecule has 2 nitrogen and oxygen atoms in total. The van der Waals surface area contributed by atoms with Gasteiger partial charge < -0.3 is 10.5 Å². The molecule has 0 spiro atoms. The molecule has 1 aliphatic carbocycles. The first-order chi connectivity index (χ1) is 5.83. The standard InChI is InChI=1S/C10H21NO/c1-2-9(11)8-12-10-6-4-3-5-7-10/h9-10H,2-8,11H2,1H3. The van der Waals surface area contributed by atoms with Crippen molar-refractivity contribution in [3.63, 3.8) is 0 Å². The highest BCUT2D eigenvalue weighted by atomic mass is 16.5. The van der Waals surface area contributed by atoms with Crippen molar-refractivity contribution in [1.82, 2.24) is 0 Å². The average molecular weight is 171 g/mol. The summed E-state index contributed by atoms with van der Waals surface area (Å²) in [6.45, 7) is 2.86. The predicted molar refractivity (Wildman–Crippen MR) is 51.1 cm³/mol. The molecule has 0 aromatic carbocycles. The zero-order chi connectivity index (χ0) is 8.81. The summed E-state index contributed by atoms with van der Waals surface area (Å²) < 4.78 is 5.71. The van der Waals surface area contributed by atoms with Crippen LogP contribution in [0.2, 0.25) is 0 Å². The summed E-state index contributed by atoms with van der Waals surface area (Å²) in [4.78, 5) is 0. The van der Waals surface area contributed by atoms with Crippen molar-refractivity contribution in [1.29, 1.82) is 0 Å². The molecular formula is C10H21NO. The molecule has 2 heteroatoms. The molecule has 0 saturated heterocycles. The van der Waals surface area contributed by atoms with Crippen molar-refractivity contribution < 1.29 is 4.74 Å². The Morgan fingerprint density at radius 2 is 2.00 bits per heavy atom. The van der Waals surface area contributed by atoms with E-state index in [-0.39, 0.29) is 6.04 Å². The van der Waals surface area contributed by atoms with Crippen LogP contribution in [0, 0.1) is 0 Å². The van der Waals surface area contributed by atoms with Crippen LogP contribution in [0.5, 0.6) is 0 Å². The fourth-order valence-electron chi connectivity index (χ4n) is 1.61. The first-order valence-electron chi connectivity index (χ1n) is 5.20. The van der Waals surface area contributed by atoms with Gasteiger partial charge in [0, 0.05) is 6.04 Å². The molecule has 1 unspecified atom stereocenters. The topological polar surface area (TPSA) is 35.2 Å². The molecule has 0 aliphatic heterocycles. The van der Waals surface area contributed by atoms with Crippen LogP contribution in [0.4, 0.5) is 0 Å². The van der Waals surface area contributed by atoms with Gasteiger partial charge in [0.15, 0.2) is 0 Å². The van der Waals surface area contributed by atoms with E-state index in [0.29, 0.717) is 6.10 Å². The molecule has 0 bridgehead atoms. The number of nitrogens with two attached hydrogens (primary N) is 1. The van der Waals surface area contributed by atoms with Crippen LogP contribution in [0.25, 0.3) is 0 Å². The maximum atomic E-state index is 5.77. The summed E-state index contributed by atoms with van der Waals surface area (Å²) >= 11 is 0. The molecular weight excluding hydrogens is 150 g/mol. The van der Waals surface area contributed by atoms with Gasteiger partial charge in [-0.2, -0.15) is 0 Å². The van der Waals surface area contributed by atoms with Gasteiger partial charge in [-0.05, 0) is 19.3 Å². The summed E-state index contributed by atoms with van der Waals surface area (Å²) in [6.07, 6.45) is 8.09. The van der Waals surface area contributed by atoms with Crippen LogP contribution in [-0.4, -0.2) is 18.8 Å². The fraction of sp³-hybridized carbons (Fsp3) is 1.00. The third-order valence-corrected chi connectivity index (χ3v) is 2.62. The SMILES string of the molecule is CCC(N)COC1CCCCC1. The van der Waals surface area contributed by atoms with Crippen molar-refractivity contribution in [2.24, 2.45) is 5.73 Å². The second kappa shape index (κ2) is 5.55. The molecule has 1 aliphatic rings. The monoisotopic (exact) mass is 171 g/mol. The quantitative estimate of drug-likeness (QED) is 0.702. The lowest BCUT2D eigenvalue weighted by Gasteiger charge is -2.23. The van der Waals surface area contributed by atoms with E-state index >= 15 is 0 Å². The highest BCUT2D eigenvalue weighted by molar-refractivity contribution is 4.66. The van der Waals surface area contributed by atoms with Crippen molar-refractivity contribution in [3.8, 4) is 0 Å². The summed E-state index contributed by atoms with van der Waals surface area (Å²) in [7, 11) is 0. The van der Waals surface area contributed by atoms with Gasteiger partial charge in [0.1, 0.15) is 0 Å². The van der Waals surface area contributed by atoms with E-state index in [4.69, 9.17) is 10.5 Å². The third kappa shape index (κ3) is 3.55. The Morgan fingerprint density at radius 3 is 2.58 bits per heavy atom. The smallest absolute Gasteiger partial charge is 0.0621 e. The molecule has 72 valence electrons. The Bertz CT molecular complexity index is 110. The lowest BCUT2D eigenvalue weighted by molar-refractivity contribution is 0.0204. The van der Waals surface area contributed by atoms with Crippen LogP contribution in [0.15, 0.2) is 0 Å². The van der Waals surface area contributed by atoms with E-state index in [1.807, 2.05) is 0 Å². The van der Waals surface area contributed by atoms with Crippen LogP contribution < -0.4 is 5.73 Å². The maximum absolute atomic E-state index is 5.77. The van der Waals surface area contributed by atoms with E-state index in [9.17, 15) is 0 Å². The molecule has 0 aromatic rings. The van der Waals surface area contributed by atoms with Crippen molar-refractivity contribution >= 4 is 0 Å². The number of ether oxygens (including phenoxy) is 1. The molecule has 1 saturated carbocycles. The van der Waals surface area contributed by atoms with Gasteiger partial charge in [0.05, 0.1) is 12.7 Å². The van der Waals surface area contributed by atoms with E-state index in [0.717, 1.165) is 13.0 Å². The zero-order valence-electron chi connectivity index (χ0n) is 8.09. The molecule has 0 amide bonds. The average Bonchev–Trinajstić information content (AvgIpc) is 2.16. The molecule has 0 heterocycles. The van der Waals surface area contributed by atoms with Gasteiger partial charge in [0.2, 0.25) is 0 Å². The first kappa shape index (κ1) is 10.0. The Morgan fingerprint density at radius 1 is 1.33 bits per heavy atom. The molecule has 0 radical (unpaired) electrons. The molecule has 1 rings (SSSR count). The lowest BCUT2D eigenvalue weighted by Crippen LogP contribution is -2.29. The summed E-state index contributed by atoms with van der Waals surface area (Å²) in [5, 5.41) is 0. The minimum absolute atomic E-state index is 0.243. The minimum Gasteiger partial charge on any atom is -0.377 e. The molecule has 0 aromatic heterocycles. The Balaban J connectivity index is 2.05. The zero-order valence-corrected chi connectivity index (χ0v) is 8.09. The second-order valence-electron chi connectivity index (χ2n) is 3.76. The van der Waals surface area contributed by atoms with Gasteiger partial charge in [-0.15, -0.1) is 0 Å². The summed E-state index contributed by atoms with van der Waals surface area (Å²) in [5.41, 5.74) is 5.77. The van der Waals surface area contributed by atoms with Crippen molar-refractivity contribution in [2.75, 3.05) is 6.61 Å². The molecule has 1 fully saturated rings. The number of rotatable bonds is 4. The number of hydrogen-bond donors (Lipinski definition) is 1. The highest BCUT2D eigenvalue weighted by Gasteiger charge is 2.14. The van der Waals surface area contributed by atoms with E-state index in [1.165, 1.54) is 32.1 Å². The Kier molecular flexibility index (Phi) is 4.62. The minimum atomic E-state index is 0.243. The van der Waals surface area contributed by atoms with Crippen LogP contribution >= 0.6 is 0 Å². The normalized spacial score (nSPS) is 22.5. The highest BCUT2D eigenvalue weighted by Crippen LogP contribution is 2.20. The van der Waals surface area contributed by atoms with Gasteiger partial charge in [-0.25, -0.2) is 0 Å². The lowest BCUT2D eigenvalue weighted by atomic mass is 9.98. The molecule has 1 atom stereocenters. The van der Waals surface area contributed by atoms with Gasteiger partial charge in [-0.3, -0.25) is 0 Å². The Labute approximate surface area is 75.5 Å². The second-order valence-corrected chi connectivity index (χ2v) is 3.76. The third-order valence-electron chi connectivity index (χ3n) is 2.62. The maximum Gasteiger partial charge on any atom is 0.0621 e. The van der Waals surface area contributed by atoms with E-state index in [1.54, 1.807) is 0 Å². The largest absolute Gasteiger partial charge is 0.377 e. The molecule has 12 heavy (non-hydrogen) atoms. The summed E-state index contributed by atoms with van der Waals surface area (Å²) in [5.74, 6) is 0. The van der Waals surface area contributed by atoms with Gasteiger partial charge >= 0.3 is 0 Å². The van der Waals surface area contributed by atoms with Crippen molar-refractivity contribution in [3.05, 3.63) is 0 Å². The number of hydrogen-bond acceptors (Lipinski definition) is 2.